The molecule has 0 bridgehead atoms. The molecule has 1 heteroatoms. The summed E-state index contributed by atoms with van der Waals surface area (Å²) in [6, 6.07) is 10.3. The summed E-state index contributed by atoms with van der Waals surface area (Å²) < 4.78 is 5.60. The molecule has 0 radical (unpaired) electrons. The molecule has 0 unspecified atom stereocenters. The summed E-state index contributed by atoms with van der Waals surface area (Å²) in [5, 5.41) is 0. The van der Waals surface area contributed by atoms with Gasteiger partial charge in [0.25, 0.3) is 0 Å². The predicted molar refractivity (Wildman–Crippen MR) is 60.2 cm³/mol. The second kappa shape index (κ2) is 5.16. The van der Waals surface area contributed by atoms with E-state index in [4.69, 9.17) is 4.74 Å². The Labute approximate surface area is 87.1 Å². The van der Waals surface area contributed by atoms with Gasteiger partial charge in [0.05, 0.1) is 6.61 Å². The van der Waals surface area contributed by atoms with E-state index in [1.54, 1.807) is 0 Å². The van der Waals surface area contributed by atoms with Crippen LogP contribution in [0.5, 0.6) is 0 Å². The van der Waals surface area contributed by atoms with Gasteiger partial charge in [-0.2, -0.15) is 0 Å². The first kappa shape index (κ1) is 11.3. The fourth-order valence-corrected chi connectivity index (χ4v) is 1.14. The highest BCUT2D eigenvalue weighted by atomic mass is 16.5. The first-order chi connectivity index (χ1) is 6.58. The lowest BCUT2D eigenvalue weighted by Gasteiger charge is -2.17. The summed E-state index contributed by atoms with van der Waals surface area (Å²) in [5.74, 6) is 0. The Morgan fingerprint density at radius 3 is 2.29 bits per heavy atom. The van der Waals surface area contributed by atoms with Gasteiger partial charge in [-0.15, -0.1) is 0 Å². The third kappa shape index (κ3) is 5.03. The molecule has 0 aliphatic heterocycles. The molecule has 1 aromatic carbocycles. The van der Waals surface area contributed by atoms with Crippen molar-refractivity contribution in [3.05, 3.63) is 35.9 Å². The molecule has 78 valence electrons. The molecule has 0 aromatic heterocycles. The van der Waals surface area contributed by atoms with Gasteiger partial charge in [0, 0.05) is 6.61 Å². The molecular weight excluding hydrogens is 172 g/mol. The van der Waals surface area contributed by atoms with Gasteiger partial charge in [0.15, 0.2) is 0 Å². The van der Waals surface area contributed by atoms with Crippen LogP contribution in [-0.2, 0) is 11.3 Å². The van der Waals surface area contributed by atoms with Crippen LogP contribution in [0.3, 0.4) is 0 Å². The van der Waals surface area contributed by atoms with Crippen LogP contribution < -0.4 is 0 Å². The van der Waals surface area contributed by atoms with Crippen molar-refractivity contribution in [1.82, 2.24) is 0 Å². The minimum absolute atomic E-state index is 0.372. The van der Waals surface area contributed by atoms with Crippen molar-refractivity contribution in [2.75, 3.05) is 6.61 Å². The molecule has 0 fully saturated rings. The van der Waals surface area contributed by atoms with E-state index in [1.807, 2.05) is 18.2 Å². The van der Waals surface area contributed by atoms with E-state index >= 15 is 0 Å². The van der Waals surface area contributed by atoms with Gasteiger partial charge in [0.2, 0.25) is 0 Å². The maximum absolute atomic E-state index is 5.60. The minimum Gasteiger partial charge on any atom is -0.377 e. The predicted octanol–water partition coefficient (Wildman–Crippen LogP) is 3.64. The minimum atomic E-state index is 0.372. The zero-order valence-electron chi connectivity index (χ0n) is 9.42. The van der Waals surface area contributed by atoms with E-state index in [-0.39, 0.29) is 0 Å². The number of hydrogen-bond donors (Lipinski definition) is 0. The van der Waals surface area contributed by atoms with Crippen molar-refractivity contribution in [2.45, 2.75) is 33.8 Å². The third-order valence-electron chi connectivity index (χ3n) is 2.11. The number of ether oxygens (including phenoxy) is 1. The van der Waals surface area contributed by atoms with E-state index in [1.165, 1.54) is 5.56 Å². The van der Waals surface area contributed by atoms with Crippen LogP contribution in [0.2, 0.25) is 0 Å². The molecule has 0 N–H and O–H groups in total. The van der Waals surface area contributed by atoms with E-state index in [2.05, 4.69) is 32.9 Å². The van der Waals surface area contributed by atoms with Crippen molar-refractivity contribution in [1.29, 1.82) is 0 Å². The van der Waals surface area contributed by atoms with Crippen LogP contribution in [0.1, 0.15) is 32.8 Å². The van der Waals surface area contributed by atoms with Crippen LogP contribution in [0.25, 0.3) is 0 Å². The normalized spacial score (nSPS) is 11.6. The maximum atomic E-state index is 5.60. The first-order valence-electron chi connectivity index (χ1n) is 5.20. The van der Waals surface area contributed by atoms with Crippen molar-refractivity contribution in [3.63, 3.8) is 0 Å². The summed E-state index contributed by atoms with van der Waals surface area (Å²) in [7, 11) is 0. The number of rotatable bonds is 4. The summed E-state index contributed by atoms with van der Waals surface area (Å²) in [5.41, 5.74) is 1.62. The lowest BCUT2D eigenvalue weighted by molar-refractivity contribution is 0.0962. The summed E-state index contributed by atoms with van der Waals surface area (Å²) in [6.07, 6.45) is 1.11. The highest BCUT2D eigenvalue weighted by Crippen LogP contribution is 2.18. The molecule has 0 amide bonds. The van der Waals surface area contributed by atoms with Crippen molar-refractivity contribution in [2.24, 2.45) is 5.41 Å². The molecule has 1 aromatic rings. The second-order valence-electron chi connectivity index (χ2n) is 4.85. The molecule has 1 rings (SSSR count). The molecule has 0 saturated heterocycles. The Kier molecular flexibility index (Phi) is 4.15. The second-order valence-corrected chi connectivity index (χ2v) is 4.85. The van der Waals surface area contributed by atoms with Gasteiger partial charge < -0.3 is 4.74 Å². The molecule has 0 aliphatic rings. The largest absolute Gasteiger partial charge is 0.377 e. The van der Waals surface area contributed by atoms with Crippen LogP contribution in [-0.4, -0.2) is 6.61 Å². The van der Waals surface area contributed by atoms with Crippen LogP contribution in [0.15, 0.2) is 30.3 Å². The van der Waals surface area contributed by atoms with Crippen molar-refractivity contribution < 1.29 is 4.74 Å². The quantitative estimate of drug-likeness (QED) is 0.662. The molecular formula is C13H20O. The van der Waals surface area contributed by atoms with Gasteiger partial charge in [-0.1, -0.05) is 51.1 Å². The highest BCUT2D eigenvalue weighted by Gasteiger charge is 2.08. The lowest BCUT2D eigenvalue weighted by Crippen LogP contribution is -2.09. The first-order valence-corrected chi connectivity index (χ1v) is 5.20. The summed E-state index contributed by atoms with van der Waals surface area (Å²) in [6.45, 7) is 8.28. The van der Waals surface area contributed by atoms with Gasteiger partial charge in [0.1, 0.15) is 0 Å². The monoisotopic (exact) mass is 192 g/mol. The standard InChI is InChI=1S/C13H20O/c1-13(2,3)9-10-14-11-12-7-5-4-6-8-12/h4-8H,9-11H2,1-3H3. The van der Waals surface area contributed by atoms with E-state index in [9.17, 15) is 0 Å². The zero-order chi connectivity index (χ0) is 10.4. The van der Waals surface area contributed by atoms with Gasteiger partial charge in [-0.05, 0) is 17.4 Å². The topological polar surface area (TPSA) is 9.23 Å². The van der Waals surface area contributed by atoms with Crippen LogP contribution in [0.4, 0.5) is 0 Å². The number of hydrogen-bond acceptors (Lipinski definition) is 1. The van der Waals surface area contributed by atoms with Crippen LogP contribution in [0, 0.1) is 5.41 Å². The Balaban J connectivity index is 2.17. The molecule has 0 saturated carbocycles. The third-order valence-corrected chi connectivity index (χ3v) is 2.11. The Morgan fingerprint density at radius 2 is 1.71 bits per heavy atom. The average molecular weight is 192 g/mol. The smallest absolute Gasteiger partial charge is 0.0716 e. The lowest BCUT2D eigenvalue weighted by atomic mass is 9.93. The SMILES string of the molecule is CC(C)(C)CCOCc1ccccc1. The number of benzene rings is 1. The van der Waals surface area contributed by atoms with Crippen molar-refractivity contribution in [3.8, 4) is 0 Å². The molecule has 1 nitrogen and oxygen atoms in total. The van der Waals surface area contributed by atoms with Gasteiger partial charge >= 0.3 is 0 Å². The fraction of sp³-hybridized carbons (Fsp3) is 0.538. The average Bonchev–Trinajstić information content (AvgIpc) is 2.13. The van der Waals surface area contributed by atoms with Crippen LogP contribution >= 0.6 is 0 Å². The zero-order valence-corrected chi connectivity index (χ0v) is 9.42. The molecule has 0 heterocycles. The maximum Gasteiger partial charge on any atom is 0.0716 e. The Morgan fingerprint density at radius 1 is 1.07 bits per heavy atom. The Bertz CT molecular complexity index is 246. The van der Waals surface area contributed by atoms with E-state index in [0.29, 0.717) is 5.41 Å². The molecule has 0 spiro atoms. The molecule has 0 aliphatic carbocycles. The highest BCUT2D eigenvalue weighted by molar-refractivity contribution is 5.13. The Hall–Kier alpha value is -0.820. The van der Waals surface area contributed by atoms with E-state index < -0.39 is 0 Å². The van der Waals surface area contributed by atoms with Crippen molar-refractivity contribution >= 4 is 0 Å². The van der Waals surface area contributed by atoms with Gasteiger partial charge in [-0.3, -0.25) is 0 Å². The molecule has 14 heavy (non-hydrogen) atoms. The summed E-state index contributed by atoms with van der Waals surface area (Å²) >= 11 is 0. The van der Waals surface area contributed by atoms with Gasteiger partial charge in [-0.25, -0.2) is 0 Å². The van der Waals surface area contributed by atoms with E-state index in [0.717, 1.165) is 19.6 Å². The molecule has 0 atom stereocenters. The fourth-order valence-electron chi connectivity index (χ4n) is 1.14. The summed E-state index contributed by atoms with van der Waals surface area (Å²) in [4.78, 5) is 0.